The van der Waals surface area contributed by atoms with Gasteiger partial charge in [0.2, 0.25) is 0 Å². The number of furan rings is 2. The monoisotopic (exact) mass is 786 g/mol. The van der Waals surface area contributed by atoms with Crippen LogP contribution in [0.2, 0.25) is 0 Å². The Balaban J connectivity index is 0.939. The second-order valence-corrected chi connectivity index (χ2v) is 16.1. The van der Waals surface area contributed by atoms with Gasteiger partial charge < -0.3 is 13.7 Å². The molecule has 0 N–H and O–H groups in total. The minimum Gasteiger partial charge on any atom is -0.456 e. The van der Waals surface area contributed by atoms with Crippen molar-refractivity contribution in [1.82, 2.24) is 4.98 Å². The highest BCUT2D eigenvalue weighted by Crippen LogP contribution is 2.44. The number of benzene rings is 9. The molecule has 12 aromatic rings. The van der Waals surface area contributed by atoms with E-state index < -0.39 is 0 Å². The summed E-state index contributed by atoms with van der Waals surface area (Å²) in [5.74, 6) is 0. The van der Waals surface area contributed by atoms with Crippen molar-refractivity contribution < 1.29 is 8.83 Å². The second kappa shape index (κ2) is 14.0. The first kappa shape index (κ1) is 34.3. The smallest absolute Gasteiger partial charge is 0.137 e. The number of rotatable bonds is 7. The van der Waals surface area contributed by atoms with Gasteiger partial charge in [0.15, 0.2) is 0 Å². The number of anilines is 3. The molecule has 12 rings (SSSR count). The lowest BCUT2D eigenvalue weighted by Crippen LogP contribution is -2.10. The molecule has 0 saturated carbocycles. The van der Waals surface area contributed by atoms with E-state index >= 15 is 0 Å². The van der Waals surface area contributed by atoms with Crippen LogP contribution in [0.3, 0.4) is 0 Å². The first-order valence-corrected chi connectivity index (χ1v) is 20.9. The van der Waals surface area contributed by atoms with Gasteiger partial charge in [0.05, 0.1) is 15.6 Å². The predicted molar refractivity (Wildman–Crippen MR) is 251 cm³/mol. The third kappa shape index (κ3) is 5.78. The molecule has 0 saturated heterocycles. The molecule has 0 radical (unpaired) electrons. The Morgan fingerprint density at radius 3 is 1.65 bits per heavy atom. The molecule has 4 nitrogen and oxygen atoms in total. The summed E-state index contributed by atoms with van der Waals surface area (Å²) < 4.78 is 13.8. The average Bonchev–Trinajstić information content (AvgIpc) is 4.03. The van der Waals surface area contributed by atoms with Crippen LogP contribution in [0.15, 0.2) is 215 Å². The fourth-order valence-corrected chi connectivity index (χ4v) is 9.65. The lowest BCUT2D eigenvalue weighted by molar-refractivity contribution is 0.668. The van der Waals surface area contributed by atoms with Crippen LogP contribution in [-0.4, -0.2) is 4.98 Å². The zero-order valence-corrected chi connectivity index (χ0v) is 33.1. The number of fused-ring (bicyclic) bond motifs is 8. The van der Waals surface area contributed by atoms with Gasteiger partial charge in [-0.05, 0) is 106 Å². The summed E-state index contributed by atoms with van der Waals surface area (Å²) in [7, 11) is 0. The highest BCUT2D eigenvalue weighted by Gasteiger charge is 2.20. The van der Waals surface area contributed by atoms with Crippen LogP contribution in [0, 0.1) is 0 Å². The molecule has 3 aromatic heterocycles. The molecular weight excluding hydrogens is 753 g/mol. The van der Waals surface area contributed by atoms with E-state index in [0.717, 1.165) is 92.9 Å². The molecule has 5 heteroatoms. The Morgan fingerprint density at radius 1 is 0.367 bits per heavy atom. The number of hydrogen-bond donors (Lipinski definition) is 0. The lowest BCUT2D eigenvalue weighted by atomic mass is 10.0. The lowest BCUT2D eigenvalue weighted by Gasteiger charge is -2.26. The van der Waals surface area contributed by atoms with Gasteiger partial charge in [0.25, 0.3) is 0 Å². The first-order chi connectivity index (χ1) is 29.7. The van der Waals surface area contributed by atoms with Crippen LogP contribution in [0.4, 0.5) is 17.1 Å². The predicted octanol–water partition coefficient (Wildman–Crippen LogP) is 16.2. The van der Waals surface area contributed by atoms with Gasteiger partial charge in [0.1, 0.15) is 27.3 Å². The normalized spacial score (nSPS) is 11.7. The largest absolute Gasteiger partial charge is 0.456 e. The van der Waals surface area contributed by atoms with E-state index in [9.17, 15) is 0 Å². The number of nitrogens with zero attached hydrogens (tertiary/aromatic N) is 2. The molecule has 0 spiro atoms. The first-order valence-electron chi connectivity index (χ1n) is 20.1. The van der Waals surface area contributed by atoms with E-state index in [1.807, 2.05) is 18.2 Å². The van der Waals surface area contributed by atoms with Gasteiger partial charge in [-0.25, -0.2) is 4.98 Å². The van der Waals surface area contributed by atoms with Crippen molar-refractivity contribution in [2.24, 2.45) is 0 Å². The van der Waals surface area contributed by atoms with Crippen LogP contribution in [-0.2, 0) is 0 Å². The Morgan fingerprint density at radius 2 is 0.900 bits per heavy atom. The summed E-state index contributed by atoms with van der Waals surface area (Å²) in [5.41, 5.74) is 15.7. The third-order valence-corrected chi connectivity index (χ3v) is 12.6. The Labute approximate surface area is 349 Å². The number of para-hydroxylation sites is 1. The zero-order valence-electron chi connectivity index (χ0n) is 32.2. The summed E-state index contributed by atoms with van der Waals surface area (Å²) in [6.07, 6.45) is 0. The minimum absolute atomic E-state index is 0.834. The van der Waals surface area contributed by atoms with Crippen LogP contribution in [0.25, 0.3) is 98.0 Å². The van der Waals surface area contributed by atoms with Crippen molar-refractivity contribution >= 4 is 82.5 Å². The Hall–Kier alpha value is -7.73. The van der Waals surface area contributed by atoms with E-state index in [2.05, 4.69) is 193 Å². The van der Waals surface area contributed by atoms with E-state index in [4.69, 9.17) is 13.8 Å². The standard InChI is InChI=1S/C55H34N2O2S/c1-3-11-35(12-4-1)37-21-26-41(27-22-37)57(43-16-9-15-39(33-43)36-13-5-2-6-14-36)42-28-23-38(24-29-42)40-25-30-48-46(34-40)53-50(59-48)31-32-51-54(53)56-55(60-51)45-18-10-20-49-52(45)44-17-7-8-19-47(44)58-49/h1-34H. The molecule has 60 heavy (non-hydrogen) atoms. The van der Waals surface area contributed by atoms with Gasteiger partial charge in [-0.3, -0.25) is 0 Å². The number of aromatic nitrogens is 1. The second-order valence-electron chi connectivity index (χ2n) is 15.1. The zero-order chi connectivity index (χ0) is 39.6. The number of hydrogen-bond acceptors (Lipinski definition) is 5. The van der Waals surface area contributed by atoms with Gasteiger partial charge in [-0.2, -0.15) is 0 Å². The number of thiazole rings is 1. The topological polar surface area (TPSA) is 42.4 Å². The van der Waals surface area contributed by atoms with E-state index in [1.165, 1.54) is 22.3 Å². The summed E-state index contributed by atoms with van der Waals surface area (Å²) in [6.45, 7) is 0. The van der Waals surface area contributed by atoms with Crippen molar-refractivity contribution in [3.05, 3.63) is 206 Å². The molecule has 0 unspecified atom stereocenters. The minimum atomic E-state index is 0.834. The van der Waals surface area contributed by atoms with E-state index in [0.29, 0.717) is 0 Å². The van der Waals surface area contributed by atoms with Gasteiger partial charge in [0, 0.05) is 38.8 Å². The Kier molecular flexibility index (Phi) is 8.00. The van der Waals surface area contributed by atoms with Crippen LogP contribution >= 0.6 is 11.3 Å². The van der Waals surface area contributed by atoms with Gasteiger partial charge in [-0.1, -0.05) is 133 Å². The van der Waals surface area contributed by atoms with E-state index in [1.54, 1.807) is 11.3 Å². The quantitative estimate of drug-likeness (QED) is 0.161. The van der Waals surface area contributed by atoms with Gasteiger partial charge >= 0.3 is 0 Å². The summed E-state index contributed by atoms with van der Waals surface area (Å²) in [5, 5.41) is 5.25. The summed E-state index contributed by atoms with van der Waals surface area (Å²) >= 11 is 1.71. The Bertz CT molecular complexity index is 3530. The molecule has 3 heterocycles. The van der Waals surface area contributed by atoms with Gasteiger partial charge in [-0.15, -0.1) is 11.3 Å². The molecule has 0 amide bonds. The molecule has 0 aliphatic rings. The fourth-order valence-electron chi connectivity index (χ4n) is 8.64. The maximum atomic E-state index is 6.45. The molecule has 0 aliphatic heterocycles. The highest BCUT2D eigenvalue weighted by molar-refractivity contribution is 7.22. The molecular formula is C55H34N2O2S. The molecule has 0 fully saturated rings. The van der Waals surface area contributed by atoms with Crippen LogP contribution < -0.4 is 4.90 Å². The van der Waals surface area contributed by atoms with Crippen molar-refractivity contribution in [3.8, 4) is 44.0 Å². The van der Waals surface area contributed by atoms with Crippen LogP contribution in [0.1, 0.15) is 0 Å². The molecule has 0 aliphatic carbocycles. The van der Waals surface area contributed by atoms with Crippen molar-refractivity contribution in [1.29, 1.82) is 0 Å². The molecule has 0 atom stereocenters. The van der Waals surface area contributed by atoms with E-state index in [-0.39, 0.29) is 0 Å². The fraction of sp³-hybridized carbons (Fsp3) is 0. The maximum absolute atomic E-state index is 6.45. The molecule has 9 aromatic carbocycles. The molecule has 0 bridgehead atoms. The average molecular weight is 787 g/mol. The molecule has 282 valence electrons. The summed E-state index contributed by atoms with van der Waals surface area (Å²) in [4.78, 5) is 7.65. The van der Waals surface area contributed by atoms with Crippen LogP contribution in [0.5, 0.6) is 0 Å². The third-order valence-electron chi connectivity index (χ3n) is 11.5. The SMILES string of the molecule is c1ccc(-c2ccc(N(c3ccc(-c4ccc5oc6ccc7sc(-c8cccc9oc%10ccccc%10c89)nc7c6c5c4)cc3)c3cccc(-c4ccccc4)c3)cc2)cc1. The van der Waals surface area contributed by atoms with Crippen molar-refractivity contribution in [2.75, 3.05) is 4.90 Å². The maximum Gasteiger partial charge on any atom is 0.137 e. The summed E-state index contributed by atoms with van der Waals surface area (Å²) in [6, 6.07) is 72.7. The van der Waals surface area contributed by atoms with Crippen molar-refractivity contribution in [2.45, 2.75) is 0 Å². The van der Waals surface area contributed by atoms with Crippen molar-refractivity contribution in [3.63, 3.8) is 0 Å². The highest BCUT2D eigenvalue weighted by atomic mass is 32.1.